The summed E-state index contributed by atoms with van der Waals surface area (Å²) in [7, 11) is 0. The molecule has 0 aromatic carbocycles. The van der Waals surface area contributed by atoms with Crippen molar-refractivity contribution in [2.75, 3.05) is 13.1 Å². The molecular formula is C17H28N6O2. The first-order chi connectivity index (χ1) is 11.8. The lowest BCUT2D eigenvalue weighted by Gasteiger charge is -2.41. The van der Waals surface area contributed by atoms with Crippen LogP contribution >= 0.6 is 0 Å². The number of nitrogens with zero attached hydrogens (tertiary/aromatic N) is 4. The minimum Gasteiger partial charge on any atom is -0.348 e. The van der Waals surface area contributed by atoms with Gasteiger partial charge in [0, 0.05) is 31.5 Å². The van der Waals surface area contributed by atoms with Crippen molar-refractivity contribution in [2.45, 2.75) is 71.0 Å². The number of amides is 3. The molecule has 2 aliphatic rings. The highest BCUT2D eigenvalue weighted by Gasteiger charge is 2.40. The van der Waals surface area contributed by atoms with Crippen LogP contribution in [-0.2, 0) is 17.8 Å². The molecule has 0 aliphatic carbocycles. The summed E-state index contributed by atoms with van der Waals surface area (Å²) in [6.07, 6.45) is 2.13. The maximum Gasteiger partial charge on any atom is 0.317 e. The summed E-state index contributed by atoms with van der Waals surface area (Å²) in [5.74, 6) is 1.86. The molecule has 2 N–H and O–H groups in total. The second-order valence-corrected chi connectivity index (χ2v) is 7.80. The van der Waals surface area contributed by atoms with E-state index in [0.717, 1.165) is 24.5 Å². The zero-order chi connectivity index (χ0) is 18.2. The van der Waals surface area contributed by atoms with Crippen molar-refractivity contribution >= 4 is 11.9 Å². The van der Waals surface area contributed by atoms with Gasteiger partial charge in [-0.15, -0.1) is 0 Å². The highest BCUT2D eigenvalue weighted by molar-refractivity contribution is 5.77. The van der Waals surface area contributed by atoms with Gasteiger partial charge >= 0.3 is 6.03 Å². The number of carbonyl (C=O) groups is 2. The average molecular weight is 348 g/mol. The van der Waals surface area contributed by atoms with Gasteiger partial charge in [-0.2, -0.15) is 5.10 Å². The van der Waals surface area contributed by atoms with Crippen LogP contribution in [0.3, 0.4) is 0 Å². The number of likely N-dealkylation sites (tertiary alicyclic amines) is 1. The smallest absolute Gasteiger partial charge is 0.317 e. The number of fused-ring (bicyclic) bond motifs is 1. The number of urea groups is 1. The van der Waals surface area contributed by atoms with Crippen molar-refractivity contribution in [2.24, 2.45) is 0 Å². The van der Waals surface area contributed by atoms with Gasteiger partial charge in [-0.25, -0.2) is 14.5 Å². The van der Waals surface area contributed by atoms with Gasteiger partial charge in [0.1, 0.15) is 12.4 Å². The Morgan fingerprint density at radius 2 is 1.92 bits per heavy atom. The number of rotatable bonds is 2. The van der Waals surface area contributed by atoms with E-state index >= 15 is 0 Å². The number of aromatic nitrogens is 3. The number of hydrogen-bond donors (Lipinski definition) is 2. The molecule has 1 spiro atoms. The van der Waals surface area contributed by atoms with Crippen molar-refractivity contribution in [3.8, 4) is 0 Å². The van der Waals surface area contributed by atoms with E-state index in [9.17, 15) is 9.59 Å². The summed E-state index contributed by atoms with van der Waals surface area (Å²) in [4.78, 5) is 31.0. The molecule has 0 unspecified atom stereocenters. The maximum atomic E-state index is 12.4. The van der Waals surface area contributed by atoms with E-state index in [-0.39, 0.29) is 36.0 Å². The van der Waals surface area contributed by atoms with Crippen molar-refractivity contribution < 1.29 is 9.59 Å². The Kier molecular flexibility index (Phi) is 4.71. The van der Waals surface area contributed by atoms with Crippen LogP contribution in [0, 0.1) is 0 Å². The van der Waals surface area contributed by atoms with E-state index in [0.29, 0.717) is 19.5 Å². The second-order valence-electron chi connectivity index (χ2n) is 7.80. The van der Waals surface area contributed by atoms with E-state index < -0.39 is 0 Å². The zero-order valence-electron chi connectivity index (χ0n) is 15.5. The Morgan fingerprint density at radius 1 is 1.24 bits per heavy atom. The first-order valence-corrected chi connectivity index (χ1v) is 9.08. The van der Waals surface area contributed by atoms with Crippen LogP contribution in [-0.4, -0.2) is 56.3 Å². The van der Waals surface area contributed by atoms with Crippen LogP contribution in [0.2, 0.25) is 0 Å². The van der Waals surface area contributed by atoms with Crippen molar-refractivity contribution in [3.63, 3.8) is 0 Å². The van der Waals surface area contributed by atoms with Gasteiger partial charge in [-0.3, -0.25) is 4.79 Å². The minimum atomic E-state index is -0.332. The number of piperidine rings is 1. The molecule has 8 nitrogen and oxygen atoms in total. The van der Waals surface area contributed by atoms with E-state index in [1.54, 1.807) is 4.68 Å². The van der Waals surface area contributed by atoms with Crippen LogP contribution in [0.1, 0.15) is 58.1 Å². The monoisotopic (exact) mass is 348 g/mol. The molecule has 1 saturated heterocycles. The van der Waals surface area contributed by atoms with Gasteiger partial charge in [-0.1, -0.05) is 13.8 Å². The number of carbonyl (C=O) groups excluding carboxylic acids is 2. The Morgan fingerprint density at radius 3 is 2.52 bits per heavy atom. The predicted octanol–water partition coefficient (Wildman–Crippen LogP) is 1.03. The molecule has 138 valence electrons. The first-order valence-electron chi connectivity index (χ1n) is 9.08. The molecule has 3 heterocycles. The summed E-state index contributed by atoms with van der Waals surface area (Å²) >= 11 is 0. The molecule has 2 aliphatic heterocycles. The topological polar surface area (TPSA) is 92.2 Å². The van der Waals surface area contributed by atoms with Crippen molar-refractivity contribution in [3.05, 3.63) is 11.6 Å². The van der Waals surface area contributed by atoms with E-state index in [2.05, 4.69) is 34.6 Å². The highest BCUT2D eigenvalue weighted by Crippen LogP contribution is 2.28. The van der Waals surface area contributed by atoms with Crippen LogP contribution in [0.5, 0.6) is 0 Å². The lowest BCUT2D eigenvalue weighted by Crippen LogP contribution is -2.58. The summed E-state index contributed by atoms with van der Waals surface area (Å²) in [5, 5.41) is 10.6. The first kappa shape index (κ1) is 17.7. The Hall–Kier alpha value is -2.12. The van der Waals surface area contributed by atoms with Gasteiger partial charge in [0.15, 0.2) is 5.82 Å². The lowest BCUT2D eigenvalue weighted by molar-refractivity contribution is -0.123. The van der Waals surface area contributed by atoms with Crippen LogP contribution in [0.15, 0.2) is 0 Å². The molecule has 25 heavy (non-hydrogen) atoms. The van der Waals surface area contributed by atoms with Gasteiger partial charge in [0.25, 0.3) is 0 Å². The van der Waals surface area contributed by atoms with Crippen LogP contribution in [0.25, 0.3) is 0 Å². The highest BCUT2D eigenvalue weighted by atomic mass is 16.2. The number of hydrogen-bond acceptors (Lipinski definition) is 4. The molecule has 0 saturated carbocycles. The Labute approximate surface area is 148 Å². The van der Waals surface area contributed by atoms with Crippen molar-refractivity contribution in [1.29, 1.82) is 0 Å². The van der Waals surface area contributed by atoms with Gasteiger partial charge in [0.05, 0.1) is 5.54 Å². The van der Waals surface area contributed by atoms with Crippen LogP contribution < -0.4 is 10.6 Å². The summed E-state index contributed by atoms with van der Waals surface area (Å²) < 4.78 is 1.73. The zero-order valence-corrected chi connectivity index (χ0v) is 15.5. The minimum absolute atomic E-state index is 0.0287. The summed E-state index contributed by atoms with van der Waals surface area (Å²) in [6.45, 7) is 9.48. The Bertz CT molecular complexity index is 658. The Balaban J connectivity index is 1.74. The van der Waals surface area contributed by atoms with E-state index in [1.165, 1.54) is 0 Å². The lowest BCUT2D eigenvalue weighted by atomic mass is 9.84. The van der Waals surface area contributed by atoms with Crippen molar-refractivity contribution in [1.82, 2.24) is 30.3 Å². The fourth-order valence-corrected chi connectivity index (χ4v) is 3.49. The fourth-order valence-electron chi connectivity index (χ4n) is 3.49. The second kappa shape index (κ2) is 6.65. The molecule has 1 aromatic heterocycles. The molecule has 0 atom stereocenters. The van der Waals surface area contributed by atoms with Crippen LogP contribution in [0.4, 0.5) is 4.79 Å². The molecular weight excluding hydrogens is 320 g/mol. The summed E-state index contributed by atoms with van der Waals surface area (Å²) in [6, 6.07) is 0.0871. The standard InChI is InChI=1S/C17H28N6O2/c1-11(2)15-19-13-9-17(20-14(24)10-23(13)21-15)5-7-22(8-6-17)16(25)18-12(3)4/h11-12H,5-10H2,1-4H3,(H,18,25)(H,20,24). The third-order valence-electron chi connectivity index (χ3n) is 4.90. The number of nitrogens with one attached hydrogen (secondary N) is 2. The van der Waals surface area contributed by atoms with E-state index in [4.69, 9.17) is 0 Å². The molecule has 1 aromatic rings. The molecule has 3 rings (SSSR count). The third kappa shape index (κ3) is 3.77. The molecule has 8 heteroatoms. The fraction of sp³-hybridized carbons (Fsp3) is 0.765. The maximum absolute atomic E-state index is 12.4. The molecule has 3 amide bonds. The predicted molar refractivity (Wildman–Crippen MR) is 93.2 cm³/mol. The van der Waals surface area contributed by atoms with Gasteiger partial charge < -0.3 is 15.5 Å². The van der Waals surface area contributed by atoms with E-state index in [1.807, 2.05) is 18.7 Å². The summed E-state index contributed by atoms with van der Waals surface area (Å²) in [5.41, 5.74) is -0.332. The normalized spacial score (nSPS) is 19.8. The van der Waals surface area contributed by atoms with Gasteiger partial charge in [-0.05, 0) is 26.7 Å². The largest absolute Gasteiger partial charge is 0.348 e. The molecule has 0 bridgehead atoms. The molecule has 0 radical (unpaired) electrons. The third-order valence-corrected chi connectivity index (χ3v) is 4.90. The van der Waals surface area contributed by atoms with Gasteiger partial charge in [0.2, 0.25) is 5.91 Å². The quantitative estimate of drug-likeness (QED) is 0.835. The SMILES string of the molecule is CC(C)NC(=O)N1CCC2(CC1)Cc1nc(C(C)C)nn1CC(=O)N2. The average Bonchev–Trinajstić information content (AvgIpc) is 2.84. The molecule has 1 fully saturated rings.